The van der Waals surface area contributed by atoms with E-state index in [4.69, 9.17) is 9.05 Å². The zero-order valence-corrected chi connectivity index (χ0v) is 11.9. The summed E-state index contributed by atoms with van der Waals surface area (Å²) < 4.78 is 36.4. The van der Waals surface area contributed by atoms with E-state index in [-0.39, 0.29) is 18.2 Å². The van der Waals surface area contributed by atoms with Crippen molar-refractivity contribution in [2.75, 3.05) is 0 Å². The van der Waals surface area contributed by atoms with Crippen molar-refractivity contribution in [1.29, 1.82) is 0 Å². The molecule has 2 heterocycles. The van der Waals surface area contributed by atoms with Crippen LogP contribution in [0.1, 0.15) is 17.4 Å². The third kappa shape index (κ3) is 3.09. The molecule has 3 rings (SSSR count). The van der Waals surface area contributed by atoms with Gasteiger partial charge in [0.25, 0.3) is 0 Å². The Labute approximate surface area is 120 Å². The summed E-state index contributed by atoms with van der Waals surface area (Å²) in [6, 6.07) is 7.08. The summed E-state index contributed by atoms with van der Waals surface area (Å²) in [6.07, 6.45) is 0. The van der Waals surface area contributed by atoms with E-state index < -0.39 is 10.0 Å². The SMILES string of the molecule is Cc1noc(CNS(=O)(=O)Cc2noc3ccccc23)n1. The minimum Gasteiger partial charge on any atom is -0.356 e. The van der Waals surface area contributed by atoms with E-state index in [1.165, 1.54) is 0 Å². The lowest BCUT2D eigenvalue weighted by molar-refractivity contribution is 0.372. The summed E-state index contributed by atoms with van der Waals surface area (Å²) in [4.78, 5) is 3.92. The zero-order chi connectivity index (χ0) is 14.9. The van der Waals surface area contributed by atoms with Gasteiger partial charge in [-0.05, 0) is 19.1 Å². The van der Waals surface area contributed by atoms with E-state index >= 15 is 0 Å². The number of sulfonamides is 1. The smallest absolute Gasteiger partial charge is 0.241 e. The Morgan fingerprint density at radius 3 is 2.76 bits per heavy atom. The number of nitrogens with zero attached hydrogens (tertiary/aromatic N) is 3. The fraction of sp³-hybridized carbons (Fsp3) is 0.250. The molecule has 1 aromatic carbocycles. The number of benzene rings is 1. The van der Waals surface area contributed by atoms with Gasteiger partial charge in [-0.15, -0.1) is 0 Å². The maximum Gasteiger partial charge on any atom is 0.241 e. The number of hydrogen-bond donors (Lipinski definition) is 1. The second kappa shape index (κ2) is 5.26. The van der Waals surface area contributed by atoms with E-state index in [9.17, 15) is 8.42 Å². The van der Waals surface area contributed by atoms with Gasteiger partial charge in [0.2, 0.25) is 15.9 Å². The van der Waals surface area contributed by atoms with E-state index in [0.717, 1.165) is 0 Å². The minimum absolute atomic E-state index is 0.0566. The first-order valence-electron chi connectivity index (χ1n) is 6.13. The zero-order valence-electron chi connectivity index (χ0n) is 11.1. The van der Waals surface area contributed by atoms with Gasteiger partial charge in [-0.3, -0.25) is 0 Å². The molecule has 110 valence electrons. The van der Waals surface area contributed by atoms with E-state index in [1.54, 1.807) is 31.2 Å². The molecule has 0 aliphatic carbocycles. The molecule has 0 atom stereocenters. The number of para-hydroxylation sites is 1. The molecule has 0 aliphatic rings. The predicted molar refractivity (Wildman–Crippen MR) is 72.5 cm³/mol. The highest BCUT2D eigenvalue weighted by atomic mass is 32.2. The molecule has 0 amide bonds. The summed E-state index contributed by atoms with van der Waals surface area (Å²) >= 11 is 0. The molecule has 9 heteroatoms. The molecule has 8 nitrogen and oxygen atoms in total. The highest BCUT2D eigenvalue weighted by Gasteiger charge is 2.18. The summed E-state index contributed by atoms with van der Waals surface area (Å²) in [5.41, 5.74) is 0.912. The molecule has 0 fully saturated rings. The average molecular weight is 308 g/mol. The second-order valence-electron chi connectivity index (χ2n) is 4.44. The van der Waals surface area contributed by atoms with Crippen molar-refractivity contribution < 1.29 is 17.5 Å². The lowest BCUT2D eigenvalue weighted by Gasteiger charge is -2.02. The van der Waals surface area contributed by atoms with Crippen molar-refractivity contribution in [3.63, 3.8) is 0 Å². The van der Waals surface area contributed by atoms with Crippen LogP contribution in [0.5, 0.6) is 0 Å². The Balaban J connectivity index is 1.73. The Hall–Kier alpha value is -2.26. The van der Waals surface area contributed by atoms with E-state index in [2.05, 4.69) is 20.0 Å². The van der Waals surface area contributed by atoms with Gasteiger partial charge < -0.3 is 9.05 Å². The Morgan fingerprint density at radius 1 is 1.19 bits per heavy atom. The predicted octanol–water partition coefficient (Wildman–Crippen LogP) is 1.14. The van der Waals surface area contributed by atoms with Crippen LogP contribution in [0, 0.1) is 6.92 Å². The van der Waals surface area contributed by atoms with Crippen LogP contribution >= 0.6 is 0 Å². The van der Waals surface area contributed by atoms with Gasteiger partial charge in [-0.25, -0.2) is 13.1 Å². The molecule has 3 aromatic rings. The maximum atomic E-state index is 12.0. The van der Waals surface area contributed by atoms with Crippen molar-refractivity contribution in [2.24, 2.45) is 0 Å². The number of aryl methyl sites for hydroxylation is 1. The summed E-state index contributed by atoms with van der Waals surface area (Å²) in [6.45, 7) is 1.60. The summed E-state index contributed by atoms with van der Waals surface area (Å²) in [5, 5.41) is 8.06. The van der Waals surface area contributed by atoms with Gasteiger partial charge >= 0.3 is 0 Å². The molecule has 0 unspecified atom stereocenters. The van der Waals surface area contributed by atoms with Gasteiger partial charge in [0.1, 0.15) is 11.4 Å². The molecular weight excluding hydrogens is 296 g/mol. The highest BCUT2D eigenvalue weighted by molar-refractivity contribution is 7.88. The molecule has 21 heavy (non-hydrogen) atoms. The molecule has 0 saturated carbocycles. The molecule has 0 spiro atoms. The number of rotatable bonds is 5. The number of nitrogens with one attached hydrogen (secondary N) is 1. The number of aromatic nitrogens is 3. The van der Waals surface area contributed by atoms with Crippen molar-refractivity contribution in [1.82, 2.24) is 20.0 Å². The van der Waals surface area contributed by atoms with Crippen LogP contribution in [0.3, 0.4) is 0 Å². The van der Waals surface area contributed by atoms with Crippen LogP contribution in [-0.4, -0.2) is 23.7 Å². The van der Waals surface area contributed by atoms with Crippen LogP contribution in [-0.2, 0) is 22.3 Å². The third-order valence-corrected chi connectivity index (χ3v) is 4.03. The molecule has 0 saturated heterocycles. The first-order chi connectivity index (χ1) is 10.0. The maximum absolute atomic E-state index is 12.0. The summed E-state index contributed by atoms with van der Waals surface area (Å²) in [5.74, 6) is 0.379. The Kier molecular flexibility index (Phi) is 3.43. The Morgan fingerprint density at radius 2 is 2.00 bits per heavy atom. The largest absolute Gasteiger partial charge is 0.356 e. The lowest BCUT2D eigenvalue weighted by atomic mass is 10.2. The standard InChI is InChI=1S/C12H12N4O4S/c1-8-14-12(20-15-8)6-13-21(17,18)7-10-9-4-2-3-5-11(9)19-16-10/h2-5,13H,6-7H2,1H3. The Bertz CT molecular complexity index is 868. The van der Waals surface area contributed by atoms with Crippen molar-refractivity contribution >= 4 is 21.0 Å². The normalized spacial score (nSPS) is 12.0. The molecule has 1 N–H and O–H groups in total. The molecule has 0 aliphatic heterocycles. The van der Waals surface area contributed by atoms with Crippen LogP contribution < -0.4 is 4.72 Å². The van der Waals surface area contributed by atoms with Crippen molar-refractivity contribution in [2.45, 2.75) is 19.2 Å². The first kappa shape index (κ1) is 13.7. The third-order valence-electron chi connectivity index (χ3n) is 2.79. The first-order valence-corrected chi connectivity index (χ1v) is 7.78. The van der Waals surface area contributed by atoms with Crippen LogP contribution in [0.4, 0.5) is 0 Å². The minimum atomic E-state index is -3.59. The molecule has 2 aromatic heterocycles. The average Bonchev–Trinajstić information content (AvgIpc) is 3.04. The fourth-order valence-electron chi connectivity index (χ4n) is 1.86. The van der Waals surface area contributed by atoms with Gasteiger partial charge in [-0.1, -0.05) is 22.4 Å². The molecule has 0 radical (unpaired) electrons. The van der Waals surface area contributed by atoms with Gasteiger partial charge in [-0.2, -0.15) is 4.98 Å². The fourth-order valence-corrected chi connectivity index (χ4v) is 2.87. The van der Waals surface area contributed by atoms with Crippen LogP contribution in [0.15, 0.2) is 33.3 Å². The molecule has 0 bridgehead atoms. The van der Waals surface area contributed by atoms with Crippen molar-refractivity contribution in [3.8, 4) is 0 Å². The molecular formula is C12H12N4O4S. The number of fused-ring (bicyclic) bond motifs is 1. The van der Waals surface area contributed by atoms with Crippen LogP contribution in [0.2, 0.25) is 0 Å². The van der Waals surface area contributed by atoms with Crippen LogP contribution in [0.25, 0.3) is 11.0 Å². The highest BCUT2D eigenvalue weighted by Crippen LogP contribution is 2.19. The van der Waals surface area contributed by atoms with E-state index in [0.29, 0.717) is 22.5 Å². The van der Waals surface area contributed by atoms with Gasteiger partial charge in [0.05, 0.1) is 6.54 Å². The topological polar surface area (TPSA) is 111 Å². The monoisotopic (exact) mass is 308 g/mol. The van der Waals surface area contributed by atoms with Gasteiger partial charge in [0.15, 0.2) is 11.4 Å². The van der Waals surface area contributed by atoms with Gasteiger partial charge in [0, 0.05) is 5.39 Å². The number of hydrogen-bond acceptors (Lipinski definition) is 7. The second-order valence-corrected chi connectivity index (χ2v) is 6.25. The lowest BCUT2D eigenvalue weighted by Crippen LogP contribution is -2.25. The van der Waals surface area contributed by atoms with E-state index in [1.807, 2.05) is 0 Å². The summed E-state index contributed by atoms with van der Waals surface area (Å²) in [7, 11) is -3.59. The van der Waals surface area contributed by atoms with Crippen molar-refractivity contribution in [3.05, 3.63) is 41.7 Å². The quantitative estimate of drug-likeness (QED) is 0.752.